The molecule has 0 bridgehead atoms. The Morgan fingerprint density at radius 3 is 2.26 bits per heavy atom. The van der Waals surface area contributed by atoms with E-state index >= 15 is 0 Å². The number of carbonyl (C=O) groups is 1. The van der Waals surface area contributed by atoms with Gasteiger partial charge in [-0.05, 0) is 30.3 Å². The van der Waals surface area contributed by atoms with Crippen molar-refractivity contribution in [1.29, 1.82) is 0 Å². The quantitative estimate of drug-likeness (QED) is 0.878. The van der Waals surface area contributed by atoms with Crippen LogP contribution >= 0.6 is 11.6 Å². The van der Waals surface area contributed by atoms with Crippen LogP contribution in [0.25, 0.3) is 0 Å². The molecule has 0 aliphatic rings. The molecule has 5 nitrogen and oxygen atoms in total. The second-order valence-electron chi connectivity index (χ2n) is 4.62. The van der Waals surface area contributed by atoms with E-state index < -0.39 is 33.3 Å². The molecule has 0 saturated carbocycles. The number of hydrogen-bond acceptors (Lipinski definition) is 3. The van der Waals surface area contributed by atoms with Crippen LogP contribution in [-0.2, 0) is 10.0 Å². The fraction of sp³-hybridized carbons (Fsp3) is 0.0714. The van der Waals surface area contributed by atoms with Gasteiger partial charge < -0.3 is 5.32 Å². The van der Waals surface area contributed by atoms with Gasteiger partial charge in [0, 0.05) is 5.69 Å². The average Bonchev–Trinajstić information content (AvgIpc) is 2.41. The third-order valence-electron chi connectivity index (χ3n) is 2.72. The zero-order valence-corrected chi connectivity index (χ0v) is 13.3. The molecule has 1 amide bonds. The Balaban J connectivity index is 2.27. The standard InChI is InChI=1S/C14H11ClF2N2O3S/c1-23(21,22)19-8-5-6-9(10(15)7-8)14(20)18-13-11(16)3-2-4-12(13)17/h2-7,19H,1H3,(H,18,20). The van der Waals surface area contributed by atoms with Gasteiger partial charge in [-0.3, -0.25) is 9.52 Å². The van der Waals surface area contributed by atoms with E-state index in [0.29, 0.717) is 0 Å². The summed E-state index contributed by atoms with van der Waals surface area (Å²) in [6.07, 6.45) is 0.961. The Bertz CT molecular complexity index is 852. The first-order valence-electron chi connectivity index (χ1n) is 6.20. The molecule has 9 heteroatoms. The van der Waals surface area contributed by atoms with E-state index in [1.807, 2.05) is 0 Å². The summed E-state index contributed by atoms with van der Waals surface area (Å²) in [6.45, 7) is 0. The van der Waals surface area contributed by atoms with Crippen molar-refractivity contribution < 1.29 is 22.0 Å². The molecule has 2 N–H and O–H groups in total. The highest BCUT2D eigenvalue weighted by Crippen LogP contribution is 2.24. The molecule has 0 radical (unpaired) electrons. The molecule has 2 aromatic rings. The molecule has 2 aromatic carbocycles. The fourth-order valence-corrected chi connectivity index (χ4v) is 2.60. The van der Waals surface area contributed by atoms with Crippen molar-refractivity contribution in [3.63, 3.8) is 0 Å². The number of halogens is 3. The minimum absolute atomic E-state index is 0.0617. The number of benzene rings is 2. The Morgan fingerprint density at radius 1 is 1.13 bits per heavy atom. The van der Waals surface area contributed by atoms with Crippen LogP contribution < -0.4 is 10.0 Å². The zero-order chi connectivity index (χ0) is 17.2. The lowest BCUT2D eigenvalue weighted by Crippen LogP contribution is -2.15. The molecular weight excluding hydrogens is 350 g/mol. The van der Waals surface area contributed by atoms with Crippen LogP contribution in [0, 0.1) is 11.6 Å². The van der Waals surface area contributed by atoms with Crippen molar-refractivity contribution in [1.82, 2.24) is 0 Å². The molecule has 23 heavy (non-hydrogen) atoms. The lowest BCUT2D eigenvalue weighted by atomic mass is 10.2. The van der Waals surface area contributed by atoms with Crippen molar-refractivity contribution in [2.75, 3.05) is 16.3 Å². The first kappa shape index (κ1) is 17.2. The summed E-state index contributed by atoms with van der Waals surface area (Å²) in [7, 11) is -3.50. The lowest BCUT2D eigenvalue weighted by molar-refractivity contribution is 0.102. The Labute approximate surface area is 136 Å². The topological polar surface area (TPSA) is 75.3 Å². The van der Waals surface area contributed by atoms with Gasteiger partial charge in [-0.25, -0.2) is 17.2 Å². The number of carbonyl (C=O) groups excluding carboxylic acids is 1. The van der Waals surface area contributed by atoms with Gasteiger partial charge >= 0.3 is 0 Å². The third-order valence-corrected chi connectivity index (χ3v) is 3.64. The second-order valence-corrected chi connectivity index (χ2v) is 6.78. The van der Waals surface area contributed by atoms with E-state index in [9.17, 15) is 22.0 Å². The van der Waals surface area contributed by atoms with Crippen molar-refractivity contribution in [3.05, 3.63) is 58.6 Å². The molecule has 122 valence electrons. The number of anilines is 2. The van der Waals surface area contributed by atoms with Gasteiger partial charge in [-0.2, -0.15) is 0 Å². The predicted molar refractivity (Wildman–Crippen MR) is 84.2 cm³/mol. The smallest absolute Gasteiger partial charge is 0.257 e. The summed E-state index contributed by atoms with van der Waals surface area (Å²) >= 11 is 5.92. The van der Waals surface area contributed by atoms with Crippen LogP contribution in [0.3, 0.4) is 0 Å². The van der Waals surface area contributed by atoms with Crippen LogP contribution in [-0.4, -0.2) is 20.6 Å². The third kappa shape index (κ3) is 4.40. The van der Waals surface area contributed by atoms with Crippen molar-refractivity contribution in [2.24, 2.45) is 0 Å². The van der Waals surface area contributed by atoms with Crippen molar-refractivity contribution in [3.8, 4) is 0 Å². The number of sulfonamides is 1. The normalized spacial score (nSPS) is 11.1. The SMILES string of the molecule is CS(=O)(=O)Nc1ccc(C(=O)Nc2c(F)cccc2F)c(Cl)c1. The molecule has 0 aromatic heterocycles. The highest BCUT2D eigenvalue weighted by Gasteiger charge is 2.16. The monoisotopic (exact) mass is 360 g/mol. The summed E-state index contributed by atoms with van der Waals surface area (Å²) in [6, 6.07) is 6.93. The Hall–Kier alpha value is -2.19. The zero-order valence-electron chi connectivity index (χ0n) is 11.7. The largest absolute Gasteiger partial charge is 0.317 e. The van der Waals surface area contributed by atoms with Crippen LogP contribution in [0.1, 0.15) is 10.4 Å². The van der Waals surface area contributed by atoms with Gasteiger partial charge in [0.1, 0.15) is 17.3 Å². The lowest BCUT2D eigenvalue weighted by Gasteiger charge is -2.10. The fourth-order valence-electron chi connectivity index (χ4n) is 1.77. The van der Waals surface area contributed by atoms with E-state index in [-0.39, 0.29) is 16.3 Å². The van der Waals surface area contributed by atoms with Crippen LogP contribution in [0.5, 0.6) is 0 Å². The van der Waals surface area contributed by atoms with Crippen molar-refractivity contribution >= 4 is 38.9 Å². The maximum absolute atomic E-state index is 13.5. The highest BCUT2D eigenvalue weighted by molar-refractivity contribution is 7.92. The van der Waals surface area contributed by atoms with E-state index in [4.69, 9.17) is 11.6 Å². The van der Waals surface area contributed by atoms with Crippen molar-refractivity contribution in [2.45, 2.75) is 0 Å². The number of amides is 1. The molecule has 0 saturated heterocycles. The van der Waals surface area contributed by atoms with Gasteiger partial charge in [0.15, 0.2) is 0 Å². The molecule has 0 unspecified atom stereocenters. The highest BCUT2D eigenvalue weighted by atomic mass is 35.5. The van der Waals surface area contributed by atoms with E-state index in [0.717, 1.165) is 18.4 Å². The Kier molecular flexibility index (Phi) is 4.86. The summed E-state index contributed by atoms with van der Waals surface area (Å²) in [5.74, 6) is -2.68. The maximum atomic E-state index is 13.5. The summed E-state index contributed by atoms with van der Waals surface area (Å²) in [5, 5.41) is 2.02. The van der Waals surface area contributed by atoms with Gasteiger partial charge in [-0.1, -0.05) is 17.7 Å². The first-order valence-corrected chi connectivity index (χ1v) is 8.47. The molecule has 0 aliphatic carbocycles. The molecule has 2 rings (SSSR count). The predicted octanol–water partition coefficient (Wildman–Crippen LogP) is 3.24. The molecule has 0 fully saturated rings. The molecule has 0 heterocycles. The number of para-hydroxylation sites is 1. The molecule has 0 aliphatic heterocycles. The van der Waals surface area contributed by atoms with Gasteiger partial charge in [0.2, 0.25) is 10.0 Å². The van der Waals surface area contributed by atoms with Crippen LogP contribution in [0.2, 0.25) is 5.02 Å². The second kappa shape index (κ2) is 6.51. The van der Waals surface area contributed by atoms with Gasteiger partial charge in [-0.15, -0.1) is 0 Å². The summed E-state index contributed by atoms with van der Waals surface area (Å²) in [5.41, 5.74) is -0.494. The van der Waals surface area contributed by atoms with Gasteiger partial charge in [0.05, 0.1) is 16.8 Å². The number of rotatable bonds is 4. The van der Waals surface area contributed by atoms with E-state index in [1.54, 1.807) is 0 Å². The minimum atomic E-state index is -3.50. The molecular formula is C14H11ClF2N2O3S. The van der Waals surface area contributed by atoms with Crippen LogP contribution in [0.4, 0.5) is 20.2 Å². The number of hydrogen-bond donors (Lipinski definition) is 2. The first-order chi connectivity index (χ1) is 10.7. The van der Waals surface area contributed by atoms with E-state index in [2.05, 4.69) is 10.0 Å². The van der Waals surface area contributed by atoms with Gasteiger partial charge in [0.25, 0.3) is 5.91 Å². The molecule has 0 atom stereocenters. The summed E-state index contributed by atoms with van der Waals surface area (Å²) in [4.78, 5) is 12.1. The molecule has 0 spiro atoms. The summed E-state index contributed by atoms with van der Waals surface area (Å²) < 4.78 is 51.5. The van der Waals surface area contributed by atoms with Crippen LogP contribution in [0.15, 0.2) is 36.4 Å². The maximum Gasteiger partial charge on any atom is 0.257 e. The average molecular weight is 361 g/mol. The Morgan fingerprint density at radius 2 is 1.74 bits per heavy atom. The minimum Gasteiger partial charge on any atom is -0.317 e. The van der Waals surface area contributed by atoms with E-state index in [1.165, 1.54) is 24.3 Å². The number of nitrogens with one attached hydrogen (secondary N) is 2.